The maximum absolute atomic E-state index is 6.75. The van der Waals surface area contributed by atoms with Gasteiger partial charge in [0.15, 0.2) is 11.6 Å². The van der Waals surface area contributed by atoms with Crippen LogP contribution in [0.1, 0.15) is 40.8 Å². The highest BCUT2D eigenvalue weighted by atomic mass is 16.3. The Kier molecular flexibility index (Phi) is 6.48. The number of furan rings is 2. The van der Waals surface area contributed by atoms with Gasteiger partial charge in [-0.05, 0) is 72.0 Å². The Labute approximate surface area is 316 Å². The lowest BCUT2D eigenvalue weighted by molar-refractivity contribution is 0.668. The smallest absolute Gasteiger partial charge is 0.167 e. The number of hydrogen-bond acceptors (Lipinski definition) is 6. The second-order valence-electron chi connectivity index (χ2n) is 14.7. The summed E-state index contributed by atoms with van der Waals surface area (Å²) in [6, 6.07) is 44.6. The zero-order chi connectivity index (χ0) is 36.0. The molecule has 6 heteroatoms. The molecular weight excluding hydrogens is 677 g/mol. The van der Waals surface area contributed by atoms with E-state index in [1.54, 1.807) is 0 Å². The molecule has 0 spiro atoms. The van der Waals surface area contributed by atoms with Gasteiger partial charge in [-0.2, -0.15) is 0 Å². The Bertz CT molecular complexity index is 3150. The first-order valence-electron chi connectivity index (χ1n) is 18.9. The maximum atomic E-state index is 6.75. The number of allylic oxidation sites excluding steroid dienone is 5. The summed E-state index contributed by atoms with van der Waals surface area (Å²) in [5.41, 5.74) is 12.4. The quantitative estimate of drug-likeness (QED) is 0.181. The highest BCUT2D eigenvalue weighted by Gasteiger charge is 2.37. The molecule has 3 aromatic heterocycles. The molecule has 6 aromatic carbocycles. The molecule has 2 atom stereocenters. The standard InChI is InChI=1S/C49H32N4O2/c1-2-13-29(14-3-1)47-50-48(36-20-12-24-44-45(36)35-19-8-11-23-43(35)54-44)52-49(51-47)39-28-32(27-38-34-18-7-10-22-42(34)55-46(38)39)53-40-21-9-6-17-33(40)37-25-30-15-4-5-16-31(30)26-41(37)53/h1-13,15-24,26-29,37H,14,25H2. The molecule has 4 heterocycles. The van der Waals surface area contributed by atoms with E-state index in [9.17, 15) is 0 Å². The molecule has 0 saturated carbocycles. The van der Waals surface area contributed by atoms with Gasteiger partial charge in [-0.1, -0.05) is 115 Å². The molecule has 0 saturated heterocycles. The summed E-state index contributed by atoms with van der Waals surface area (Å²) in [4.78, 5) is 18.3. The maximum Gasteiger partial charge on any atom is 0.167 e. The molecule has 12 rings (SSSR count). The van der Waals surface area contributed by atoms with E-state index in [-0.39, 0.29) is 11.8 Å². The lowest BCUT2D eigenvalue weighted by Crippen LogP contribution is -2.17. The van der Waals surface area contributed by atoms with Gasteiger partial charge < -0.3 is 13.7 Å². The van der Waals surface area contributed by atoms with Crippen LogP contribution in [0, 0.1) is 0 Å². The van der Waals surface area contributed by atoms with Crippen LogP contribution in [-0.2, 0) is 6.42 Å². The third kappa shape index (κ3) is 4.64. The Balaban J connectivity index is 1.14. The van der Waals surface area contributed by atoms with Gasteiger partial charge in [-0.15, -0.1) is 0 Å². The van der Waals surface area contributed by atoms with Crippen LogP contribution < -0.4 is 4.90 Å². The number of hydrogen-bond donors (Lipinski definition) is 0. The molecule has 0 fully saturated rings. The van der Waals surface area contributed by atoms with E-state index in [0.717, 1.165) is 79.4 Å². The van der Waals surface area contributed by atoms with Crippen molar-refractivity contribution < 1.29 is 8.83 Å². The van der Waals surface area contributed by atoms with Crippen LogP contribution in [0.3, 0.4) is 0 Å². The Morgan fingerprint density at radius 2 is 1.38 bits per heavy atom. The van der Waals surface area contributed by atoms with Crippen LogP contribution in [0.5, 0.6) is 0 Å². The number of fused-ring (bicyclic) bond motifs is 10. The predicted octanol–water partition coefficient (Wildman–Crippen LogP) is 12.4. The first-order chi connectivity index (χ1) is 27.2. The average molecular weight is 709 g/mol. The number of nitrogens with zero attached hydrogens (tertiary/aromatic N) is 4. The molecule has 0 amide bonds. The highest BCUT2D eigenvalue weighted by molar-refractivity contribution is 6.13. The van der Waals surface area contributed by atoms with E-state index in [0.29, 0.717) is 11.6 Å². The third-order valence-corrected chi connectivity index (χ3v) is 11.5. The van der Waals surface area contributed by atoms with E-state index in [4.69, 9.17) is 23.8 Å². The van der Waals surface area contributed by atoms with Crippen molar-refractivity contribution in [1.82, 2.24) is 15.0 Å². The van der Waals surface area contributed by atoms with Gasteiger partial charge in [0.2, 0.25) is 0 Å². The lowest BCUT2D eigenvalue weighted by atomic mass is 9.84. The summed E-state index contributed by atoms with van der Waals surface area (Å²) in [5, 5.41) is 4.10. The SMILES string of the molecule is C1=CCC(c2nc(-c3cc(N4C5=Cc6ccccc6CC5c5ccccc54)cc4c3oc3ccccc34)nc(-c3cccc4oc5ccccc5c34)n2)C=C1. The number of para-hydroxylation sites is 3. The number of benzene rings is 6. The van der Waals surface area contributed by atoms with E-state index in [1.807, 2.05) is 42.5 Å². The second kappa shape index (κ2) is 11.7. The average Bonchev–Trinajstić information content (AvgIpc) is 3.92. The van der Waals surface area contributed by atoms with Crippen LogP contribution in [0.15, 0.2) is 166 Å². The van der Waals surface area contributed by atoms with Gasteiger partial charge >= 0.3 is 0 Å². The summed E-state index contributed by atoms with van der Waals surface area (Å²) in [6.07, 6.45) is 12.7. The van der Waals surface area contributed by atoms with Gasteiger partial charge in [-0.25, -0.2) is 15.0 Å². The predicted molar refractivity (Wildman–Crippen MR) is 220 cm³/mol. The fourth-order valence-corrected chi connectivity index (χ4v) is 8.99. The van der Waals surface area contributed by atoms with Crippen molar-refractivity contribution in [1.29, 1.82) is 0 Å². The first-order valence-corrected chi connectivity index (χ1v) is 18.9. The molecule has 0 bridgehead atoms. The van der Waals surface area contributed by atoms with Crippen LogP contribution in [0.2, 0.25) is 0 Å². The van der Waals surface area contributed by atoms with Crippen molar-refractivity contribution in [3.63, 3.8) is 0 Å². The minimum atomic E-state index is -0.00109. The zero-order valence-corrected chi connectivity index (χ0v) is 29.7. The van der Waals surface area contributed by atoms with Gasteiger partial charge in [-0.3, -0.25) is 0 Å². The molecule has 2 aliphatic carbocycles. The fraction of sp³-hybridized carbons (Fsp3) is 0.0816. The van der Waals surface area contributed by atoms with Gasteiger partial charge in [0.1, 0.15) is 28.2 Å². The molecule has 55 heavy (non-hydrogen) atoms. The number of rotatable bonds is 4. The van der Waals surface area contributed by atoms with Crippen molar-refractivity contribution in [2.75, 3.05) is 4.90 Å². The molecule has 0 radical (unpaired) electrons. The fourth-order valence-electron chi connectivity index (χ4n) is 8.99. The van der Waals surface area contributed by atoms with Crippen LogP contribution >= 0.6 is 0 Å². The summed E-state index contributed by atoms with van der Waals surface area (Å²) in [7, 11) is 0. The van der Waals surface area contributed by atoms with Crippen LogP contribution in [-0.4, -0.2) is 15.0 Å². The Morgan fingerprint density at radius 1 is 0.618 bits per heavy atom. The van der Waals surface area contributed by atoms with E-state index >= 15 is 0 Å². The van der Waals surface area contributed by atoms with Crippen molar-refractivity contribution in [3.05, 3.63) is 180 Å². The van der Waals surface area contributed by atoms with Crippen LogP contribution in [0.4, 0.5) is 11.4 Å². The summed E-state index contributed by atoms with van der Waals surface area (Å²) in [6.45, 7) is 0. The zero-order valence-electron chi connectivity index (χ0n) is 29.7. The van der Waals surface area contributed by atoms with E-state index in [1.165, 1.54) is 28.1 Å². The molecule has 2 unspecified atom stereocenters. The lowest BCUT2D eigenvalue weighted by Gasteiger charge is -2.27. The Morgan fingerprint density at radius 3 is 2.27 bits per heavy atom. The van der Waals surface area contributed by atoms with E-state index < -0.39 is 0 Å². The van der Waals surface area contributed by atoms with Gasteiger partial charge in [0.05, 0.1) is 5.56 Å². The Hall–Kier alpha value is -7.05. The summed E-state index contributed by atoms with van der Waals surface area (Å²) < 4.78 is 13.1. The largest absolute Gasteiger partial charge is 0.456 e. The number of anilines is 2. The highest BCUT2D eigenvalue weighted by Crippen LogP contribution is 2.53. The molecule has 260 valence electrons. The minimum absolute atomic E-state index is 0.00109. The van der Waals surface area contributed by atoms with Gasteiger partial charge in [0, 0.05) is 56.0 Å². The van der Waals surface area contributed by atoms with Crippen molar-refractivity contribution in [3.8, 4) is 22.8 Å². The molecule has 1 aliphatic heterocycles. The molecule has 3 aliphatic rings. The molecule has 0 N–H and O–H groups in total. The van der Waals surface area contributed by atoms with Crippen molar-refractivity contribution in [2.24, 2.45) is 0 Å². The molecular formula is C49H32N4O2. The van der Waals surface area contributed by atoms with E-state index in [2.05, 4.69) is 120 Å². The minimum Gasteiger partial charge on any atom is -0.456 e. The monoisotopic (exact) mass is 708 g/mol. The normalized spacial score (nSPS) is 17.2. The molecule has 6 nitrogen and oxygen atoms in total. The van der Waals surface area contributed by atoms with Crippen molar-refractivity contribution in [2.45, 2.75) is 24.7 Å². The number of aromatic nitrogens is 3. The van der Waals surface area contributed by atoms with Crippen LogP contribution in [0.25, 0.3) is 72.7 Å². The summed E-state index contributed by atoms with van der Waals surface area (Å²) >= 11 is 0. The topological polar surface area (TPSA) is 68.2 Å². The first kappa shape index (κ1) is 30.4. The molecule has 9 aromatic rings. The van der Waals surface area contributed by atoms with Gasteiger partial charge in [0.25, 0.3) is 0 Å². The second-order valence-corrected chi connectivity index (χ2v) is 14.7. The van der Waals surface area contributed by atoms with Crippen molar-refractivity contribution >= 4 is 61.3 Å². The third-order valence-electron chi connectivity index (χ3n) is 11.5. The summed E-state index contributed by atoms with van der Waals surface area (Å²) in [5.74, 6) is 2.15.